The zero-order valence-electron chi connectivity index (χ0n) is 18.6. The van der Waals surface area contributed by atoms with Crippen LogP contribution in [0.15, 0.2) is 73.1 Å². The van der Waals surface area contributed by atoms with E-state index in [1.165, 1.54) is 5.56 Å². The standard InChI is InChI=1S/C26H25N3O4/c1-31-23-15-20-21(16-24(23)32-2)27-14-13-22(20)33-26-12-11-19(17-28-26)29-25(30)10-6-9-18-7-4-3-5-8-18/h3-5,7-8,11-17H,6,9-10H2,1-2H3,(H,29,30). The third-order valence-corrected chi connectivity index (χ3v) is 5.15. The Kier molecular flexibility index (Phi) is 6.99. The summed E-state index contributed by atoms with van der Waals surface area (Å²) in [5.74, 6) is 2.13. The summed E-state index contributed by atoms with van der Waals surface area (Å²) in [6.45, 7) is 0. The number of ether oxygens (including phenoxy) is 3. The molecule has 2 heterocycles. The Morgan fingerprint density at radius 2 is 1.70 bits per heavy atom. The highest BCUT2D eigenvalue weighted by atomic mass is 16.5. The van der Waals surface area contributed by atoms with Crippen LogP contribution in [0.25, 0.3) is 10.9 Å². The summed E-state index contributed by atoms with van der Waals surface area (Å²) in [5, 5.41) is 3.65. The molecule has 168 valence electrons. The van der Waals surface area contributed by atoms with Crippen LogP contribution in [0.1, 0.15) is 18.4 Å². The number of carbonyl (C=O) groups excluding carboxylic acids is 1. The van der Waals surface area contributed by atoms with Crippen molar-refractivity contribution in [3.63, 3.8) is 0 Å². The number of aromatic nitrogens is 2. The van der Waals surface area contributed by atoms with E-state index >= 15 is 0 Å². The van der Waals surface area contributed by atoms with Crippen LogP contribution < -0.4 is 19.5 Å². The number of nitrogens with one attached hydrogen (secondary N) is 1. The lowest BCUT2D eigenvalue weighted by atomic mass is 10.1. The highest BCUT2D eigenvalue weighted by Gasteiger charge is 2.12. The van der Waals surface area contributed by atoms with Gasteiger partial charge >= 0.3 is 0 Å². The minimum atomic E-state index is -0.0393. The number of rotatable bonds is 9. The van der Waals surface area contributed by atoms with Crippen molar-refractivity contribution in [1.82, 2.24) is 9.97 Å². The molecule has 4 aromatic rings. The van der Waals surface area contributed by atoms with E-state index in [1.807, 2.05) is 24.3 Å². The second-order valence-corrected chi connectivity index (χ2v) is 7.41. The Labute approximate surface area is 192 Å². The lowest BCUT2D eigenvalue weighted by molar-refractivity contribution is -0.116. The van der Waals surface area contributed by atoms with Crippen LogP contribution in [0.2, 0.25) is 0 Å². The van der Waals surface area contributed by atoms with Crippen molar-refractivity contribution in [3.05, 3.63) is 78.6 Å². The fourth-order valence-electron chi connectivity index (χ4n) is 3.48. The molecule has 0 atom stereocenters. The summed E-state index contributed by atoms with van der Waals surface area (Å²) in [4.78, 5) is 20.9. The molecule has 7 nitrogen and oxygen atoms in total. The smallest absolute Gasteiger partial charge is 0.224 e. The Hall–Kier alpha value is -4.13. The van der Waals surface area contributed by atoms with Gasteiger partial charge in [0.15, 0.2) is 11.5 Å². The van der Waals surface area contributed by atoms with E-state index in [9.17, 15) is 4.79 Å². The van der Waals surface area contributed by atoms with Crippen molar-refractivity contribution >= 4 is 22.5 Å². The van der Waals surface area contributed by atoms with E-state index in [-0.39, 0.29) is 5.91 Å². The van der Waals surface area contributed by atoms with Crippen molar-refractivity contribution in [2.45, 2.75) is 19.3 Å². The van der Waals surface area contributed by atoms with E-state index in [2.05, 4.69) is 27.4 Å². The summed E-state index contributed by atoms with van der Waals surface area (Å²) in [5.41, 5.74) is 2.57. The summed E-state index contributed by atoms with van der Waals surface area (Å²) >= 11 is 0. The van der Waals surface area contributed by atoms with Gasteiger partial charge in [-0.15, -0.1) is 0 Å². The number of pyridine rings is 2. The molecule has 2 aromatic carbocycles. The summed E-state index contributed by atoms with van der Waals surface area (Å²) in [6.07, 6.45) is 5.34. The van der Waals surface area contributed by atoms with Crippen LogP contribution in [-0.2, 0) is 11.2 Å². The molecule has 0 aliphatic rings. The molecule has 0 fully saturated rings. The van der Waals surface area contributed by atoms with Crippen LogP contribution in [-0.4, -0.2) is 30.1 Å². The zero-order valence-corrected chi connectivity index (χ0v) is 18.6. The second kappa shape index (κ2) is 10.5. The highest BCUT2D eigenvalue weighted by molar-refractivity contribution is 5.90. The van der Waals surface area contributed by atoms with Gasteiger partial charge in [0.25, 0.3) is 0 Å². The molecule has 7 heteroatoms. The van der Waals surface area contributed by atoms with Crippen LogP contribution in [0, 0.1) is 0 Å². The van der Waals surface area contributed by atoms with E-state index in [4.69, 9.17) is 14.2 Å². The molecular formula is C26H25N3O4. The maximum absolute atomic E-state index is 12.2. The first-order chi connectivity index (χ1) is 16.2. The van der Waals surface area contributed by atoms with Gasteiger partial charge in [0, 0.05) is 30.1 Å². The molecule has 2 aromatic heterocycles. The van der Waals surface area contributed by atoms with Gasteiger partial charge in [-0.25, -0.2) is 4.98 Å². The van der Waals surface area contributed by atoms with Gasteiger partial charge in [0.2, 0.25) is 11.8 Å². The number of methoxy groups -OCH3 is 2. The van der Waals surface area contributed by atoms with E-state index in [1.54, 1.807) is 50.9 Å². The largest absolute Gasteiger partial charge is 0.493 e. The molecule has 0 aliphatic carbocycles. The zero-order chi connectivity index (χ0) is 23.0. The van der Waals surface area contributed by atoms with Crippen molar-refractivity contribution in [2.24, 2.45) is 0 Å². The molecule has 0 aliphatic heterocycles. The normalized spacial score (nSPS) is 10.6. The van der Waals surface area contributed by atoms with Crippen molar-refractivity contribution in [2.75, 3.05) is 19.5 Å². The monoisotopic (exact) mass is 443 g/mol. The molecular weight excluding hydrogens is 418 g/mol. The van der Waals surface area contributed by atoms with Gasteiger partial charge in [-0.1, -0.05) is 30.3 Å². The van der Waals surface area contributed by atoms with Gasteiger partial charge in [-0.3, -0.25) is 9.78 Å². The molecule has 0 spiro atoms. The third-order valence-electron chi connectivity index (χ3n) is 5.15. The van der Waals surface area contributed by atoms with Gasteiger partial charge in [-0.2, -0.15) is 0 Å². The number of hydrogen-bond donors (Lipinski definition) is 1. The predicted molar refractivity (Wildman–Crippen MR) is 127 cm³/mol. The van der Waals surface area contributed by atoms with Crippen molar-refractivity contribution in [3.8, 4) is 23.1 Å². The Morgan fingerprint density at radius 1 is 0.909 bits per heavy atom. The number of hydrogen-bond acceptors (Lipinski definition) is 6. The molecule has 0 saturated carbocycles. The molecule has 33 heavy (non-hydrogen) atoms. The third kappa shape index (κ3) is 5.57. The first kappa shape index (κ1) is 22.1. The summed E-state index contributed by atoms with van der Waals surface area (Å²) in [6, 6.07) is 19.0. The molecule has 1 amide bonds. The molecule has 1 N–H and O–H groups in total. The van der Waals surface area contributed by atoms with Gasteiger partial charge in [0.1, 0.15) is 5.75 Å². The average molecular weight is 444 g/mol. The first-order valence-electron chi connectivity index (χ1n) is 10.6. The SMILES string of the molecule is COc1cc2nccc(Oc3ccc(NC(=O)CCCc4ccccc4)cn3)c2cc1OC. The maximum Gasteiger partial charge on any atom is 0.224 e. The van der Waals surface area contributed by atoms with Crippen molar-refractivity contribution in [1.29, 1.82) is 0 Å². The van der Waals surface area contributed by atoms with E-state index in [0.717, 1.165) is 18.2 Å². The maximum atomic E-state index is 12.2. The van der Waals surface area contributed by atoms with E-state index in [0.29, 0.717) is 40.8 Å². The van der Waals surface area contributed by atoms with Crippen LogP contribution >= 0.6 is 0 Å². The fraction of sp³-hybridized carbons (Fsp3) is 0.192. The Balaban J connectivity index is 1.38. The van der Waals surface area contributed by atoms with Crippen LogP contribution in [0.3, 0.4) is 0 Å². The minimum absolute atomic E-state index is 0.0393. The quantitative estimate of drug-likeness (QED) is 0.373. The molecule has 0 unspecified atom stereocenters. The minimum Gasteiger partial charge on any atom is -0.493 e. The van der Waals surface area contributed by atoms with Crippen LogP contribution in [0.4, 0.5) is 5.69 Å². The number of anilines is 1. The predicted octanol–water partition coefficient (Wildman–Crippen LogP) is 5.40. The molecule has 0 saturated heterocycles. The summed E-state index contributed by atoms with van der Waals surface area (Å²) < 4.78 is 16.7. The van der Waals surface area contributed by atoms with Crippen molar-refractivity contribution < 1.29 is 19.0 Å². The number of carbonyl (C=O) groups is 1. The topological polar surface area (TPSA) is 82.6 Å². The first-order valence-corrected chi connectivity index (χ1v) is 10.6. The lowest BCUT2D eigenvalue weighted by Crippen LogP contribution is -2.11. The van der Waals surface area contributed by atoms with Gasteiger partial charge < -0.3 is 19.5 Å². The van der Waals surface area contributed by atoms with Gasteiger partial charge in [-0.05, 0) is 36.6 Å². The van der Waals surface area contributed by atoms with E-state index < -0.39 is 0 Å². The number of fused-ring (bicyclic) bond motifs is 1. The summed E-state index contributed by atoms with van der Waals surface area (Å²) in [7, 11) is 3.16. The lowest BCUT2D eigenvalue weighted by Gasteiger charge is -2.12. The van der Waals surface area contributed by atoms with Crippen LogP contribution in [0.5, 0.6) is 23.1 Å². The van der Waals surface area contributed by atoms with Gasteiger partial charge in [0.05, 0.1) is 31.6 Å². The fourth-order valence-corrected chi connectivity index (χ4v) is 3.48. The Morgan fingerprint density at radius 3 is 2.42 bits per heavy atom. The molecule has 0 bridgehead atoms. The highest BCUT2D eigenvalue weighted by Crippen LogP contribution is 2.36. The number of nitrogens with zero attached hydrogens (tertiary/aromatic N) is 2. The molecule has 4 rings (SSSR count). The average Bonchev–Trinajstić information content (AvgIpc) is 2.85. The Bertz CT molecular complexity index is 1230. The number of benzene rings is 2. The second-order valence-electron chi connectivity index (χ2n) is 7.41. The number of aryl methyl sites for hydroxylation is 1. The molecule has 0 radical (unpaired) electrons. The number of amides is 1.